The van der Waals surface area contributed by atoms with Crippen LogP contribution in [0.3, 0.4) is 0 Å². The third-order valence-corrected chi connectivity index (χ3v) is 9.06. The molecule has 0 fully saturated rings. The smallest absolute Gasteiger partial charge is 0.305 e. The van der Waals surface area contributed by atoms with Crippen molar-refractivity contribution in [1.82, 2.24) is 19.9 Å². The minimum absolute atomic E-state index is 0.248. The topological polar surface area (TPSA) is 116 Å². The second-order valence-corrected chi connectivity index (χ2v) is 11.7. The molecule has 0 saturated carbocycles. The molecule has 8 nitrogen and oxygen atoms in total. The first-order valence-electron chi connectivity index (χ1n) is 13.6. The maximum atomic E-state index is 12.1. The number of nitrogens with one attached hydrogen (secondary N) is 4. The van der Waals surface area contributed by atoms with Crippen LogP contribution in [-0.2, 0) is 31.9 Å². The third-order valence-electron chi connectivity index (χ3n) is 7.94. The highest BCUT2D eigenvalue weighted by molar-refractivity contribution is 14.1. The Labute approximate surface area is 251 Å². The van der Waals surface area contributed by atoms with Crippen molar-refractivity contribution in [3.05, 3.63) is 89.7 Å². The maximum Gasteiger partial charge on any atom is 0.305 e. The minimum Gasteiger partial charge on any atom is -0.469 e. The number of H-pyrrole nitrogens is 4. The van der Waals surface area contributed by atoms with E-state index in [0.717, 1.165) is 81.1 Å². The number of fused-ring (bicyclic) bond motifs is 8. The number of hydrogen-bond donors (Lipinski definition) is 4. The van der Waals surface area contributed by atoms with Crippen LogP contribution in [0.1, 0.15) is 69.0 Å². The van der Waals surface area contributed by atoms with Crippen molar-refractivity contribution < 1.29 is 19.1 Å². The van der Waals surface area contributed by atoms with Crippen LogP contribution < -0.4 is 21.4 Å². The zero-order valence-electron chi connectivity index (χ0n) is 24.2. The van der Waals surface area contributed by atoms with E-state index in [9.17, 15) is 9.59 Å². The first-order chi connectivity index (χ1) is 19.6. The molecule has 5 rings (SSSR count). The van der Waals surface area contributed by atoms with E-state index in [-0.39, 0.29) is 24.8 Å². The van der Waals surface area contributed by atoms with Crippen molar-refractivity contribution in [2.45, 2.75) is 53.4 Å². The van der Waals surface area contributed by atoms with E-state index in [1.54, 1.807) is 0 Å². The van der Waals surface area contributed by atoms with Gasteiger partial charge in [0.2, 0.25) is 0 Å². The molecule has 4 N–H and O–H groups in total. The number of hydrogen-bond acceptors (Lipinski definition) is 4. The summed E-state index contributed by atoms with van der Waals surface area (Å²) in [7, 11) is 2.83. The van der Waals surface area contributed by atoms with Crippen molar-refractivity contribution >= 4 is 56.3 Å². The lowest BCUT2D eigenvalue weighted by molar-refractivity contribution is -0.141. The summed E-state index contributed by atoms with van der Waals surface area (Å²) >= 11 is 2.40. The molecule has 0 radical (unpaired) electrons. The Balaban J connectivity index is 1.83. The van der Waals surface area contributed by atoms with Crippen molar-refractivity contribution in [2.75, 3.05) is 14.2 Å². The fourth-order valence-corrected chi connectivity index (χ4v) is 6.36. The van der Waals surface area contributed by atoms with E-state index in [0.29, 0.717) is 12.8 Å². The summed E-state index contributed by atoms with van der Waals surface area (Å²) in [5, 5.41) is 3.95. The van der Waals surface area contributed by atoms with Gasteiger partial charge in [0, 0.05) is 46.0 Å². The summed E-state index contributed by atoms with van der Waals surface area (Å²) in [6.07, 6.45) is 7.97. The highest BCUT2D eigenvalue weighted by atomic mass is 127. The van der Waals surface area contributed by atoms with Crippen LogP contribution in [-0.4, -0.2) is 46.1 Å². The Morgan fingerprint density at radius 2 is 1.37 bits per heavy atom. The van der Waals surface area contributed by atoms with Gasteiger partial charge in [0.15, 0.2) is 0 Å². The Hall–Kier alpha value is -3.73. The Morgan fingerprint density at radius 3 is 2.05 bits per heavy atom. The zero-order valence-corrected chi connectivity index (χ0v) is 26.4. The highest BCUT2D eigenvalue weighted by Crippen LogP contribution is 2.24. The first kappa shape index (κ1) is 28.8. The summed E-state index contributed by atoms with van der Waals surface area (Å²) < 4.78 is 11.0. The summed E-state index contributed by atoms with van der Waals surface area (Å²) in [4.78, 5) is 38.6. The van der Waals surface area contributed by atoms with Gasteiger partial charge < -0.3 is 29.4 Å². The molecule has 214 valence electrons. The quantitative estimate of drug-likeness (QED) is 0.187. The molecule has 0 atom stereocenters. The number of aromatic amines is 4. The lowest BCUT2D eigenvalue weighted by atomic mass is 10.0. The molecule has 9 heteroatoms. The zero-order chi connectivity index (χ0) is 29.4. The first-order valence-corrected chi connectivity index (χ1v) is 14.7. The fraction of sp³-hybridized carbons (Fsp3) is 0.312. The average Bonchev–Trinajstić information content (AvgIpc) is 3.66. The predicted octanol–water partition coefficient (Wildman–Crippen LogP) is 2.84. The normalized spacial score (nSPS) is 12.4. The van der Waals surface area contributed by atoms with Crippen LogP contribution in [0.15, 0.2) is 12.1 Å². The van der Waals surface area contributed by atoms with E-state index >= 15 is 0 Å². The van der Waals surface area contributed by atoms with Crippen LogP contribution in [0.5, 0.6) is 0 Å². The molecule has 8 bridgehead atoms. The molecule has 41 heavy (non-hydrogen) atoms. The number of ether oxygens (including phenoxy) is 2. The maximum absolute atomic E-state index is 12.1. The summed E-state index contributed by atoms with van der Waals surface area (Å²) in [6.45, 7) is 8.37. The number of carbonyl (C=O) groups is 2. The number of rotatable bonds is 6. The molecule has 1 aliphatic rings. The molecule has 0 saturated heterocycles. The van der Waals surface area contributed by atoms with Gasteiger partial charge in [0.1, 0.15) is 0 Å². The highest BCUT2D eigenvalue weighted by Gasteiger charge is 2.17. The average molecular weight is 667 g/mol. The van der Waals surface area contributed by atoms with Gasteiger partial charge in [-0.1, -0.05) is 0 Å². The standard InChI is InChI=1S/C32H35IN4O4/c1-16-12-28-31(33)32-17(2)11-20(34-32)13-24-18(3)21(7-9-29(38)40-5)26(36-24)15-27-22(8-10-30(39)41-6)19(4)25(37-27)14-23(16)35-28/h11-15,34-37H,7-10H2,1-6H3. The van der Waals surface area contributed by atoms with Gasteiger partial charge in [0.25, 0.3) is 0 Å². The van der Waals surface area contributed by atoms with Crippen LogP contribution in [0.2, 0.25) is 0 Å². The predicted molar refractivity (Wildman–Crippen MR) is 169 cm³/mol. The molecule has 0 unspecified atom stereocenters. The molecule has 4 aromatic heterocycles. The number of aryl methyl sites for hydroxylation is 2. The van der Waals surface area contributed by atoms with Gasteiger partial charge in [-0.05, 0) is 127 Å². The SMILES string of the molecule is COC(=O)CCc1c2[nH]c(c1C)C=c1[nH]c(cc1C)=C(I)c1[nH]c(cc1C)C=c1[nH]c(c(CCC(=O)OC)c1C)=C2. The van der Waals surface area contributed by atoms with Crippen molar-refractivity contribution in [2.24, 2.45) is 0 Å². The number of methoxy groups -OCH3 is 2. The largest absolute Gasteiger partial charge is 0.469 e. The van der Waals surface area contributed by atoms with Gasteiger partial charge in [-0.15, -0.1) is 0 Å². The monoisotopic (exact) mass is 666 g/mol. The lowest BCUT2D eigenvalue weighted by Crippen LogP contribution is -2.14. The Morgan fingerprint density at radius 1 is 0.707 bits per heavy atom. The van der Waals surface area contributed by atoms with Gasteiger partial charge in [0.05, 0.1) is 28.8 Å². The number of esters is 2. The van der Waals surface area contributed by atoms with Crippen molar-refractivity contribution in [3.63, 3.8) is 0 Å². The molecular weight excluding hydrogens is 631 g/mol. The van der Waals surface area contributed by atoms with Gasteiger partial charge in [-0.3, -0.25) is 9.59 Å². The fourth-order valence-electron chi connectivity index (χ4n) is 5.51. The molecular formula is C32H35IN4O4. The van der Waals surface area contributed by atoms with Gasteiger partial charge in [-0.2, -0.15) is 0 Å². The van der Waals surface area contributed by atoms with Gasteiger partial charge in [-0.25, -0.2) is 0 Å². The van der Waals surface area contributed by atoms with E-state index < -0.39 is 0 Å². The number of aromatic nitrogens is 4. The van der Waals surface area contributed by atoms with Crippen LogP contribution in [0.4, 0.5) is 0 Å². The summed E-state index contributed by atoms with van der Waals surface area (Å²) in [5.41, 5.74) is 10.5. The van der Waals surface area contributed by atoms with Crippen LogP contribution >= 0.6 is 22.6 Å². The van der Waals surface area contributed by atoms with Crippen LogP contribution in [0, 0.1) is 27.7 Å². The van der Waals surface area contributed by atoms with E-state index in [1.807, 2.05) is 0 Å². The van der Waals surface area contributed by atoms with Gasteiger partial charge >= 0.3 is 11.9 Å². The minimum atomic E-state index is -0.248. The Kier molecular flexibility index (Phi) is 8.17. The molecule has 0 aromatic carbocycles. The lowest BCUT2D eigenvalue weighted by Gasteiger charge is -2.03. The number of carbonyl (C=O) groups excluding carboxylic acids is 2. The van der Waals surface area contributed by atoms with E-state index in [4.69, 9.17) is 9.47 Å². The second kappa shape index (κ2) is 11.6. The van der Waals surface area contributed by atoms with Crippen LogP contribution in [0.25, 0.3) is 21.8 Å². The molecule has 1 aliphatic heterocycles. The second-order valence-electron chi connectivity index (χ2n) is 10.6. The summed E-state index contributed by atoms with van der Waals surface area (Å²) in [5.74, 6) is -0.496. The molecule has 4 aromatic rings. The Bertz CT molecular complexity index is 1920. The van der Waals surface area contributed by atoms with Crippen molar-refractivity contribution in [1.29, 1.82) is 0 Å². The third kappa shape index (κ3) is 5.72. The molecule has 0 aliphatic carbocycles. The van der Waals surface area contributed by atoms with Crippen molar-refractivity contribution in [3.8, 4) is 0 Å². The van der Waals surface area contributed by atoms with E-state index in [1.165, 1.54) is 14.2 Å². The van der Waals surface area contributed by atoms with E-state index in [2.05, 4.69) is 101 Å². The molecule has 0 spiro atoms. The molecule has 5 heterocycles. The summed E-state index contributed by atoms with van der Waals surface area (Å²) in [6, 6.07) is 4.32. The number of halogens is 1. The molecule has 0 amide bonds.